The second-order valence-corrected chi connectivity index (χ2v) is 5.65. The molecule has 0 bridgehead atoms. The summed E-state index contributed by atoms with van der Waals surface area (Å²) in [4.78, 5) is 13.9. The van der Waals surface area contributed by atoms with Gasteiger partial charge in [0.2, 0.25) is 5.91 Å². The zero-order valence-electron chi connectivity index (χ0n) is 12.6. The average molecular weight is 271 g/mol. The van der Waals surface area contributed by atoms with Crippen LogP contribution in [-0.2, 0) is 9.53 Å². The van der Waals surface area contributed by atoms with Crippen LogP contribution in [0.5, 0.6) is 0 Å². The van der Waals surface area contributed by atoms with Gasteiger partial charge in [0, 0.05) is 25.6 Å². The number of carbonyl (C=O) groups is 1. The molecule has 1 amide bonds. The maximum Gasteiger partial charge on any atom is 0.221 e. The van der Waals surface area contributed by atoms with E-state index >= 15 is 0 Å². The highest BCUT2D eigenvalue weighted by Crippen LogP contribution is 2.17. The van der Waals surface area contributed by atoms with E-state index in [4.69, 9.17) is 4.74 Å². The fourth-order valence-corrected chi connectivity index (χ4v) is 2.27. The van der Waals surface area contributed by atoms with E-state index in [0.717, 1.165) is 13.1 Å². The number of amides is 1. The number of nitrogens with zero attached hydrogens (tertiary/aromatic N) is 1. The molecule has 1 saturated heterocycles. The Balaban J connectivity index is 2.01. The molecule has 1 rings (SSSR count). The van der Waals surface area contributed by atoms with Crippen LogP contribution in [0.15, 0.2) is 0 Å². The van der Waals surface area contributed by atoms with Crippen LogP contribution in [0.25, 0.3) is 0 Å². The lowest BCUT2D eigenvalue weighted by molar-refractivity contribution is -0.122. The third kappa shape index (κ3) is 7.50. The van der Waals surface area contributed by atoms with Gasteiger partial charge in [0.15, 0.2) is 0 Å². The van der Waals surface area contributed by atoms with Gasteiger partial charge in [-0.15, -0.1) is 0 Å². The van der Waals surface area contributed by atoms with Crippen LogP contribution >= 0.6 is 0 Å². The number of rotatable bonds is 8. The second-order valence-electron chi connectivity index (χ2n) is 5.65. The van der Waals surface area contributed by atoms with Gasteiger partial charge in [0.05, 0.1) is 13.2 Å². The van der Waals surface area contributed by atoms with Gasteiger partial charge in [0.25, 0.3) is 0 Å². The van der Waals surface area contributed by atoms with E-state index in [1.807, 2.05) is 14.1 Å². The van der Waals surface area contributed by atoms with Gasteiger partial charge < -0.3 is 20.3 Å². The molecule has 2 unspecified atom stereocenters. The van der Waals surface area contributed by atoms with Crippen molar-refractivity contribution in [2.45, 2.75) is 32.2 Å². The van der Waals surface area contributed by atoms with Gasteiger partial charge >= 0.3 is 0 Å². The summed E-state index contributed by atoms with van der Waals surface area (Å²) >= 11 is 0. The molecule has 2 atom stereocenters. The lowest BCUT2D eigenvalue weighted by Crippen LogP contribution is -2.43. The third-order valence-corrected chi connectivity index (χ3v) is 3.59. The summed E-state index contributed by atoms with van der Waals surface area (Å²) in [5.41, 5.74) is 0. The standard InChI is InChI=1S/C14H29N3O2/c1-12-5-4-6-15-13(12)11-14(18)16-7-9-19-10-8-17(2)3/h12-13,15H,4-11H2,1-3H3,(H,16,18). The van der Waals surface area contributed by atoms with E-state index in [-0.39, 0.29) is 5.91 Å². The van der Waals surface area contributed by atoms with Crippen LogP contribution in [-0.4, -0.2) is 63.8 Å². The van der Waals surface area contributed by atoms with Crippen LogP contribution in [0.4, 0.5) is 0 Å². The van der Waals surface area contributed by atoms with E-state index in [2.05, 4.69) is 22.5 Å². The molecule has 0 saturated carbocycles. The fourth-order valence-electron chi connectivity index (χ4n) is 2.27. The predicted octanol–water partition coefficient (Wildman–Crippen LogP) is 0.459. The lowest BCUT2D eigenvalue weighted by Gasteiger charge is -2.29. The van der Waals surface area contributed by atoms with Gasteiger partial charge in [-0.2, -0.15) is 0 Å². The van der Waals surface area contributed by atoms with Gasteiger partial charge in [-0.05, 0) is 39.4 Å². The van der Waals surface area contributed by atoms with E-state index in [0.29, 0.717) is 38.1 Å². The summed E-state index contributed by atoms with van der Waals surface area (Å²) in [6, 6.07) is 0.336. The van der Waals surface area contributed by atoms with E-state index < -0.39 is 0 Å². The van der Waals surface area contributed by atoms with Gasteiger partial charge in [-0.25, -0.2) is 0 Å². The predicted molar refractivity (Wildman–Crippen MR) is 77.2 cm³/mol. The van der Waals surface area contributed by atoms with Crippen molar-refractivity contribution in [1.82, 2.24) is 15.5 Å². The number of ether oxygens (including phenoxy) is 1. The van der Waals surface area contributed by atoms with E-state index in [1.165, 1.54) is 12.8 Å². The number of nitrogens with one attached hydrogen (secondary N) is 2. The Hall–Kier alpha value is -0.650. The van der Waals surface area contributed by atoms with Crippen LogP contribution in [0, 0.1) is 5.92 Å². The van der Waals surface area contributed by atoms with Crippen LogP contribution < -0.4 is 10.6 Å². The Morgan fingerprint density at radius 1 is 1.42 bits per heavy atom. The SMILES string of the molecule is CC1CCCNC1CC(=O)NCCOCCN(C)C. The first-order chi connectivity index (χ1) is 9.09. The van der Waals surface area contributed by atoms with Crippen molar-refractivity contribution in [3.8, 4) is 0 Å². The Morgan fingerprint density at radius 3 is 2.89 bits per heavy atom. The Kier molecular flexibility index (Phi) is 8.02. The molecule has 1 aliphatic rings. The summed E-state index contributed by atoms with van der Waals surface area (Å²) in [5.74, 6) is 0.721. The van der Waals surface area contributed by atoms with E-state index in [1.54, 1.807) is 0 Å². The van der Waals surface area contributed by atoms with Crippen molar-refractivity contribution in [3.05, 3.63) is 0 Å². The van der Waals surface area contributed by atoms with Crippen molar-refractivity contribution in [1.29, 1.82) is 0 Å². The molecule has 0 aromatic rings. The lowest BCUT2D eigenvalue weighted by atomic mass is 9.90. The maximum atomic E-state index is 11.8. The van der Waals surface area contributed by atoms with Crippen LogP contribution in [0.3, 0.4) is 0 Å². The smallest absolute Gasteiger partial charge is 0.221 e. The van der Waals surface area contributed by atoms with Crippen LogP contribution in [0.1, 0.15) is 26.2 Å². The third-order valence-electron chi connectivity index (χ3n) is 3.59. The summed E-state index contributed by atoms with van der Waals surface area (Å²) in [5, 5.41) is 6.35. The average Bonchev–Trinajstić information content (AvgIpc) is 2.36. The molecule has 0 aromatic heterocycles. The molecule has 0 spiro atoms. The molecule has 2 N–H and O–H groups in total. The molecule has 1 fully saturated rings. The molecular formula is C14H29N3O2. The molecule has 5 heteroatoms. The Labute approximate surface area is 117 Å². The Morgan fingerprint density at radius 2 is 2.21 bits per heavy atom. The van der Waals surface area contributed by atoms with Crippen molar-refractivity contribution >= 4 is 5.91 Å². The highest BCUT2D eigenvalue weighted by Gasteiger charge is 2.22. The van der Waals surface area contributed by atoms with Crippen molar-refractivity contribution in [2.75, 3.05) is 46.9 Å². The molecule has 1 heterocycles. The first-order valence-corrected chi connectivity index (χ1v) is 7.32. The number of hydrogen-bond acceptors (Lipinski definition) is 4. The molecular weight excluding hydrogens is 242 g/mol. The summed E-state index contributed by atoms with van der Waals surface area (Å²) in [6.07, 6.45) is 3.02. The largest absolute Gasteiger partial charge is 0.378 e. The van der Waals surface area contributed by atoms with Gasteiger partial charge in [-0.3, -0.25) is 4.79 Å². The minimum Gasteiger partial charge on any atom is -0.378 e. The topological polar surface area (TPSA) is 53.6 Å². The minimum atomic E-state index is 0.127. The second kappa shape index (κ2) is 9.28. The molecule has 0 radical (unpaired) electrons. The zero-order valence-corrected chi connectivity index (χ0v) is 12.6. The summed E-state index contributed by atoms with van der Waals surface area (Å²) in [6.45, 7) is 6.08. The fraction of sp³-hybridized carbons (Fsp3) is 0.929. The summed E-state index contributed by atoms with van der Waals surface area (Å²) in [7, 11) is 4.03. The van der Waals surface area contributed by atoms with Crippen molar-refractivity contribution < 1.29 is 9.53 Å². The zero-order chi connectivity index (χ0) is 14.1. The minimum absolute atomic E-state index is 0.127. The molecule has 0 aromatic carbocycles. The van der Waals surface area contributed by atoms with Gasteiger partial charge in [0.1, 0.15) is 0 Å². The first-order valence-electron chi connectivity index (χ1n) is 7.32. The van der Waals surface area contributed by atoms with E-state index in [9.17, 15) is 4.79 Å². The highest BCUT2D eigenvalue weighted by atomic mass is 16.5. The number of piperidine rings is 1. The number of hydrogen-bond donors (Lipinski definition) is 2. The maximum absolute atomic E-state index is 11.8. The van der Waals surface area contributed by atoms with Crippen LogP contribution in [0.2, 0.25) is 0 Å². The molecule has 5 nitrogen and oxygen atoms in total. The Bertz CT molecular complexity index is 259. The molecule has 19 heavy (non-hydrogen) atoms. The monoisotopic (exact) mass is 271 g/mol. The van der Waals surface area contributed by atoms with Gasteiger partial charge in [-0.1, -0.05) is 6.92 Å². The normalized spacial score (nSPS) is 23.6. The molecule has 112 valence electrons. The number of likely N-dealkylation sites (N-methyl/N-ethyl adjacent to an activating group) is 1. The molecule has 1 aliphatic heterocycles. The first kappa shape index (κ1) is 16.4. The number of carbonyl (C=O) groups excluding carboxylic acids is 1. The highest BCUT2D eigenvalue weighted by molar-refractivity contribution is 5.76. The van der Waals surface area contributed by atoms with Crippen molar-refractivity contribution in [2.24, 2.45) is 5.92 Å². The molecule has 0 aliphatic carbocycles. The summed E-state index contributed by atoms with van der Waals surface area (Å²) < 4.78 is 5.43. The quantitative estimate of drug-likeness (QED) is 0.630. The van der Waals surface area contributed by atoms with Crippen molar-refractivity contribution in [3.63, 3.8) is 0 Å².